The minimum absolute atomic E-state index is 0.121. The molecule has 0 fully saturated rings. The maximum atomic E-state index is 12.4. The lowest BCUT2D eigenvalue weighted by Crippen LogP contribution is -2.17. The Kier molecular flexibility index (Phi) is 2.48. The summed E-state index contributed by atoms with van der Waals surface area (Å²) in [4.78, 5) is 0. The van der Waals surface area contributed by atoms with Crippen LogP contribution in [-0.2, 0) is 0 Å². The summed E-state index contributed by atoms with van der Waals surface area (Å²) in [6.07, 6.45) is -0.626. The molecule has 1 N–H and O–H groups in total. The standard InChI is InChI=1S/C6H5F2IO2/c7-6(8,9)5(10)4-2-1-3-11-4/h1-3,5,10H. The molecule has 0 aliphatic rings. The quantitative estimate of drug-likeness (QED) is 0.663. The smallest absolute Gasteiger partial charge is 0.328 e. The van der Waals surface area contributed by atoms with E-state index in [0.717, 1.165) is 22.6 Å². The van der Waals surface area contributed by atoms with E-state index in [1.165, 1.54) is 18.4 Å². The molecule has 0 amide bonds. The number of rotatable bonds is 2. The van der Waals surface area contributed by atoms with Crippen molar-refractivity contribution in [3.05, 3.63) is 24.2 Å². The second-order valence-electron chi connectivity index (χ2n) is 1.96. The lowest BCUT2D eigenvalue weighted by molar-refractivity contribution is -0.0318. The molecule has 1 unspecified atom stereocenters. The molecule has 0 aliphatic heterocycles. The molecular weight excluding hydrogens is 269 g/mol. The van der Waals surface area contributed by atoms with Crippen LogP contribution in [0.1, 0.15) is 11.9 Å². The minimum Gasteiger partial charge on any atom is -0.466 e. The molecule has 1 atom stereocenters. The number of furan rings is 1. The number of hydrogen-bond acceptors (Lipinski definition) is 2. The SMILES string of the molecule is OC(c1ccco1)C(F)(F)I. The Hall–Kier alpha value is -0.170. The van der Waals surface area contributed by atoms with Crippen LogP contribution in [0, 0.1) is 0 Å². The monoisotopic (exact) mass is 274 g/mol. The molecule has 1 aromatic rings. The van der Waals surface area contributed by atoms with E-state index in [2.05, 4.69) is 4.42 Å². The average molecular weight is 274 g/mol. The molecule has 0 saturated carbocycles. The number of aliphatic hydroxyl groups is 1. The van der Waals surface area contributed by atoms with Crippen LogP contribution in [0.3, 0.4) is 0 Å². The van der Waals surface area contributed by atoms with E-state index in [1.807, 2.05) is 0 Å². The number of alkyl halides is 3. The highest BCUT2D eigenvalue weighted by atomic mass is 127. The van der Waals surface area contributed by atoms with Crippen molar-refractivity contribution in [2.24, 2.45) is 0 Å². The zero-order chi connectivity index (χ0) is 8.48. The van der Waals surface area contributed by atoms with Crippen LogP contribution in [0.5, 0.6) is 0 Å². The maximum Gasteiger partial charge on any atom is 0.328 e. The largest absolute Gasteiger partial charge is 0.466 e. The van der Waals surface area contributed by atoms with Gasteiger partial charge in [-0.25, -0.2) is 0 Å². The van der Waals surface area contributed by atoms with E-state index in [9.17, 15) is 8.78 Å². The van der Waals surface area contributed by atoms with Gasteiger partial charge in [0.25, 0.3) is 0 Å². The molecule has 1 aromatic heterocycles. The Morgan fingerprint density at radius 1 is 1.64 bits per heavy atom. The lowest BCUT2D eigenvalue weighted by atomic mass is 10.3. The molecule has 5 heteroatoms. The van der Waals surface area contributed by atoms with Crippen LogP contribution in [-0.4, -0.2) is 9.04 Å². The highest BCUT2D eigenvalue weighted by Gasteiger charge is 2.37. The minimum atomic E-state index is -3.18. The first-order valence-corrected chi connectivity index (χ1v) is 3.88. The van der Waals surface area contributed by atoms with Crippen molar-refractivity contribution < 1.29 is 18.3 Å². The van der Waals surface area contributed by atoms with Gasteiger partial charge in [0, 0.05) is 22.6 Å². The van der Waals surface area contributed by atoms with Gasteiger partial charge in [-0.05, 0) is 12.1 Å². The third-order valence-electron chi connectivity index (χ3n) is 1.12. The van der Waals surface area contributed by atoms with Gasteiger partial charge in [0.05, 0.1) is 6.26 Å². The average Bonchev–Trinajstić information content (AvgIpc) is 2.34. The summed E-state index contributed by atoms with van der Waals surface area (Å²) in [6, 6.07) is 2.75. The van der Waals surface area contributed by atoms with Crippen molar-refractivity contribution in [2.45, 2.75) is 10.0 Å². The summed E-state index contributed by atoms with van der Waals surface area (Å²) in [5, 5.41) is 8.89. The highest BCUT2D eigenvalue weighted by molar-refractivity contribution is 14.1. The third kappa shape index (κ3) is 2.13. The first-order valence-electron chi connectivity index (χ1n) is 2.80. The molecule has 1 heterocycles. The molecule has 0 aliphatic carbocycles. The molecule has 0 radical (unpaired) electrons. The molecule has 0 saturated heterocycles. The zero-order valence-corrected chi connectivity index (χ0v) is 7.46. The summed E-state index contributed by atoms with van der Waals surface area (Å²) >= 11 is 0.860. The molecule has 2 nitrogen and oxygen atoms in total. The van der Waals surface area contributed by atoms with Crippen LogP contribution in [0.25, 0.3) is 0 Å². The van der Waals surface area contributed by atoms with Gasteiger partial charge in [0.15, 0.2) is 6.10 Å². The third-order valence-corrected chi connectivity index (χ3v) is 1.71. The van der Waals surface area contributed by atoms with Gasteiger partial charge in [0.1, 0.15) is 5.76 Å². The molecular formula is C6H5F2IO2. The number of halogens is 3. The fourth-order valence-electron chi connectivity index (χ4n) is 0.608. The van der Waals surface area contributed by atoms with E-state index >= 15 is 0 Å². The van der Waals surface area contributed by atoms with Crippen molar-refractivity contribution in [1.82, 2.24) is 0 Å². The predicted molar refractivity (Wildman–Crippen MR) is 42.6 cm³/mol. The van der Waals surface area contributed by atoms with Crippen molar-refractivity contribution in [2.75, 3.05) is 0 Å². The lowest BCUT2D eigenvalue weighted by Gasteiger charge is -2.13. The van der Waals surface area contributed by atoms with Gasteiger partial charge in [0.2, 0.25) is 0 Å². The normalized spacial score (nSPS) is 14.9. The summed E-state index contributed by atoms with van der Waals surface area (Å²) in [5.41, 5.74) is 0. The van der Waals surface area contributed by atoms with E-state index < -0.39 is 10.0 Å². The molecule has 1 rings (SSSR count). The Balaban J connectivity index is 2.78. The van der Waals surface area contributed by atoms with Crippen molar-refractivity contribution in [3.8, 4) is 0 Å². The van der Waals surface area contributed by atoms with Crippen molar-refractivity contribution in [1.29, 1.82) is 0 Å². The zero-order valence-electron chi connectivity index (χ0n) is 5.30. The van der Waals surface area contributed by atoms with Gasteiger partial charge in [-0.3, -0.25) is 0 Å². The van der Waals surface area contributed by atoms with Gasteiger partial charge in [-0.1, -0.05) is 0 Å². The second kappa shape index (κ2) is 3.06. The molecule has 0 spiro atoms. The van der Waals surface area contributed by atoms with Gasteiger partial charge in [-0.2, -0.15) is 8.78 Å². The Labute approximate surface area is 75.3 Å². The predicted octanol–water partition coefficient (Wildman–Crippen LogP) is 2.34. The van der Waals surface area contributed by atoms with Gasteiger partial charge < -0.3 is 9.52 Å². The number of aliphatic hydroxyl groups excluding tert-OH is 1. The molecule has 0 bridgehead atoms. The summed E-state index contributed by atoms with van der Waals surface area (Å²) in [6.45, 7) is 0. The van der Waals surface area contributed by atoms with Crippen LogP contribution < -0.4 is 0 Å². The van der Waals surface area contributed by atoms with Gasteiger partial charge >= 0.3 is 3.93 Å². The fourth-order valence-corrected chi connectivity index (χ4v) is 0.915. The van der Waals surface area contributed by atoms with E-state index in [0.29, 0.717) is 0 Å². The van der Waals surface area contributed by atoms with E-state index in [1.54, 1.807) is 0 Å². The van der Waals surface area contributed by atoms with Crippen molar-refractivity contribution in [3.63, 3.8) is 0 Å². The molecule has 0 aromatic carbocycles. The first-order chi connectivity index (χ1) is 5.02. The summed E-state index contributed by atoms with van der Waals surface area (Å²) in [5.74, 6) is -0.121. The number of hydrogen-bond donors (Lipinski definition) is 1. The summed E-state index contributed by atoms with van der Waals surface area (Å²) < 4.78 is 26.1. The molecule has 62 valence electrons. The van der Waals surface area contributed by atoms with Gasteiger partial charge in [-0.15, -0.1) is 0 Å². The van der Waals surface area contributed by atoms with Crippen LogP contribution in [0.4, 0.5) is 8.78 Å². The van der Waals surface area contributed by atoms with Crippen LogP contribution >= 0.6 is 22.6 Å². The first kappa shape index (κ1) is 8.92. The van der Waals surface area contributed by atoms with Crippen molar-refractivity contribution >= 4 is 22.6 Å². The Morgan fingerprint density at radius 3 is 2.64 bits per heavy atom. The van der Waals surface area contributed by atoms with Crippen LogP contribution in [0.15, 0.2) is 22.8 Å². The van der Waals surface area contributed by atoms with E-state index in [4.69, 9.17) is 5.11 Å². The van der Waals surface area contributed by atoms with E-state index in [-0.39, 0.29) is 5.76 Å². The summed E-state index contributed by atoms with van der Waals surface area (Å²) in [7, 11) is 0. The molecule has 11 heavy (non-hydrogen) atoms. The fraction of sp³-hybridized carbons (Fsp3) is 0.333. The topological polar surface area (TPSA) is 33.4 Å². The maximum absolute atomic E-state index is 12.4. The van der Waals surface area contributed by atoms with Crippen LogP contribution in [0.2, 0.25) is 0 Å². The Bertz CT molecular complexity index is 217. The second-order valence-corrected chi connectivity index (χ2v) is 3.40. The Morgan fingerprint density at radius 2 is 2.27 bits per heavy atom. The highest BCUT2D eigenvalue weighted by Crippen LogP contribution is 2.36.